The van der Waals surface area contributed by atoms with Gasteiger partial charge in [0.05, 0.1) is 12.8 Å². The summed E-state index contributed by atoms with van der Waals surface area (Å²) in [6.45, 7) is 1.92. The number of hydrogen-bond donors (Lipinski definition) is 1. The van der Waals surface area contributed by atoms with Gasteiger partial charge >= 0.3 is 6.03 Å². The molecular formula is C23H21N5O2. The molecule has 1 N–H and O–H groups in total. The number of anilines is 1. The van der Waals surface area contributed by atoms with Gasteiger partial charge < -0.3 is 14.6 Å². The van der Waals surface area contributed by atoms with Crippen molar-refractivity contribution < 1.29 is 9.53 Å². The summed E-state index contributed by atoms with van der Waals surface area (Å²) in [5.74, 6) is 0.799. The van der Waals surface area contributed by atoms with Crippen LogP contribution in [0.15, 0.2) is 67.1 Å². The molecular weight excluding hydrogens is 378 g/mol. The Morgan fingerprint density at radius 2 is 1.93 bits per heavy atom. The summed E-state index contributed by atoms with van der Waals surface area (Å²) in [4.78, 5) is 28.4. The van der Waals surface area contributed by atoms with Gasteiger partial charge in [-0.1, -0.05) is 24.3 Å². The molecule has 2 aromatic carbocycles. The van der Waals surface area contributed by atoms with Gasteiger partial charge in [-0.05, 0) is 35.9 Å². The van der Waals surface area contributed by atoms with E-state index in [0.717, 1.165) is 39.3 Å². The predicted octanol–water partition coefficient (Wildman–Crippen LogP) is 4.08. The summed E-state index contributed by atoms with van der Waals surface area (Å²) in [5.41, 5.74) is 4.62. The van der Waals surface area contributed by atoms with Gasteiger partial charge in [0, 0.05) is 42.5 Å². The molecule has 0 radical (unpaired) electrons. The first-order chi connectivity index (χ1) is 14.7. The first-order valence-electron chi connectivity index (χ1n) is 9.81. The van der Waals surface area contributed by atoms with Crippen LogP contribution in [0.3, 0.4) is 0 Å². The lowest BCUT2D eigenvalue weighted by atomic mass is 10.1. The molecule has 0 atom stereocenters. The Kier molecular flexibility index (Phi) is 4.55. The third-order valence-electron chi connectivity index (χ3n) is 5.41. The van der Waals surface area contributed by atoms with Crippen LogP contribution in [-0.2, 0) is 6.54 Å². The van der Waals surface area contributed by atoms with E-state index >= 15 is 0 Å². The summed E-state index contributed by atoms with van der Waals surface area (Å²) in [7, 11) is 1.65. The molecule has 0 bridgehead atoms. The second-order valence-corrected chi connectivity index (χ2v) is 7.22. The smallest absolute Gasteiger partial charge is 0.324 e. The van der Waals surface area contributed by atoms with Crippen molar-refractivity contribution in [3.8, 4) is 17.0 Å². The maximum Gasteiger partial charge on any atom is 0.324 e. The average molecular weight is 399 g/mol. The van der Waals surface area contributed by atoms with Gasteiger partial charge in [0.2, 0.25) is 0 Å². The van der Waals surface area contributed by atoms with Gasteiger partial charge in [-0.3, -0.25) is 4.90 Å². The summed E-state index contributed by atoms with van der Waals surface area (Å²) in [5, 5.41) is 0.979. The SMILES string of the molecule is COc1cccc(CN2CCN(c3ccc(-c4ncnc5[nH]ccc45)cc3)C2=O)c1. The maximum atomic E-state index is 13.0. The van der Waals surface area contributed by atoms with Crippen molar-refractivity contribution in [1.29, 1.82) is 0 Å². The molecule has 1 aliphatic rings. The largest absolute Gasteiger partial charge is 0.497 e. The number of H-pyrrole nitrogens is 1. The second kappa shape index (κ2) is 7.51. The van der Waals surface area contributed by atoms with Crippen LogP contribution in [0, 0.1) is 0 Å². The van der Waals surface area contributed by atoms with E-state index in [-0.39, 0.29) is 6.03 Å². The van der Waals surface area contributed by atoms with Crippen LogP contribution in [0.4, 0.5) is 10.5 Å². The van der Waals surface area contributed by atoms with Gasteiger partial charge in [0.1, 0.15) is 17.7 Å². The number of methoxy groups -OCH3 is 1. The van der Waals surface area contributed by atoms with E-state index < -0.39 is 0 Å². The number of aromatic nitrogens is 3. The minimum atomic E-state index is 0.0145. The van der Waals surface area contributed by atoms with Crippen LogP contribution < -0.4 is 9.64 Å². The zero-order chi connectivity index (χ0) is 20.5. The van der Waals surface area contributed by atoms with Crippen molar-refractivity contribution in [3.05, 3.63) is 72.7 Å². The fourth-order valence-corrected chi connectivity index (χ4v) is 3.86. The monoisotopic (exact) mass is 399 g/mol. The van der Waals surface area contributed by atoms with Crippen molar-refractivity contribution in [2.75, 3.05) is 25.1 Å². The molecule has 0 aliphatic carbocycles. The fraction of sp³-hybridized carbons (Fsp3) is 0.174. The standard InChI is InChI=1S/C23H21N5O2/c1-30-19-4-2-3-16(13-19)14-27-11-12-28(23(27)29)18-7-5-17(6-8-18)21-20-9-10-24-22(20)26-15-25-21/h2-10,13,15H,11-12,14H2,1H3,(H,24,25,26). The molecule has 2 aromatic heterocycles. The number of carbonyl (C=O) groups excluding carboxylic acids is 1. The van der Waals surface area contributed by atoms with E-state index in [1.54, 1.807) is 13.4 Å². The number of fused-ring (bicyclic) bond motifs is 1. The van der Waals surface area contributed by atoms with Crippen LogP contribution in [0.1, 0.15) is 5.56 Å². The third-order valence-corrected chi connectivity index (χ3v) is 5.41. The van der Waals surface area contributed by atoms with Crippen LogP contribution in [0.25, 0.3) is 22.3 Å². The van der Waals surface area contributed by atoms with Gasteiger partial charge in [-0.25, -0.2) is 14.8 Å². The minimum Gasteiger partial charge on any atom is -0.497 e. The van der Waals surface area contributed by atoms with Gasteiger partial charge in [-0.15, -0.1) is 0 Å². The maximum absolute atomic E-state index is 13.0. The number of aromatic amines is 1. The Bertz CT molecular complexity index is 1200. The topological polar surface area (TPSA) is 74.3 Å². The van der Waals surface area contributed by atoms with Crippen molar-refractivity contribution >= 4 is 22.8 Å². The van der Waals surface area contributed by atoms with Crippen LogP contribution in [0.2, 0.25) is 0 Å². The van der Waals surface area contributed by atoms with Crippen molar-refractivity contribution in [1.82, 2.24) is 19.9 Å². The lowest BCUT2D eigenvalue weighted by Crippen LogP contribution is -2.31. The van der Waals surface area contributed by atoms with Crippen molar-refractivity contribution in [2.45, 2.75) is 6.54 Å². The van der Waals surface area contributed by atoms with E-state index in [1.807, 2.05) is 70.6 Å². The molecule has 5 rings (SSSR count). The molecule has 1 fully saturated rings. The van der Waals surface area contributed by atoms with E-state index in [9.17, 15) is 4.79 Å². The molecule has 1 aliphatic heterocycles. The lowest BCUT2D eigenvalue weighted by Gasteiger charge is -2.19. The number of rotatable bonds is 5. The lowest BCUT2D eigenvalue weighted by molar-refractivity contribution is 0.218. The van der Waals surface area contributed by atoms with Crippen LogP contribution in [-0.4, -0.2) is 46.1 Å². The Hall–Kier alpha value is -3.87. The van der Waals surface area contributed by atoms with Gasteiger partial charge in [-0.2, -0.15) is 0 Å². The normalized spacial score (nSPS) is 14.0. The zero-order valence-electron chi connectivity index (χ0n) is 16.6. The number of ether oxygens (including phenoxy) is 1. The Labute approximate surface area is 173 Å². The molecule has 0 saturated carbocycles. The molecule has 0 spiro atoms. The second-order valence-electron chi connectivity index (χ2n) is 7.22. The fourth-order valence-electron chi connectivity index (χ4n) is 3.86. The zero-order valence-corrected chi connectivity index (χ0v) is 16.6. The van der Waals surface area contributed by atoms with E-state index in [2.05, 4.69) is 15.0 Å². The van der Waals surface area contributed by atoms with E-state index in [0.29, 0.717) is 19.6 Å². The highest BCUT2D eigenvalue weighted by Crippen LogP contribution is 2.28. The van der Waals surface area contributed by atoms with Crippen LogP contribution >= 0.6 is 0 Å². The highest BCUT2D eigenvalue weighted by molar-refractivity contribution is 5.95. The Balaban J connectivity index is 1.34. The molecule has 7 heteroatoms. The highest BCUT2D eigenvalue weighted by Gasteiger charge is 2.29. The number of urea groups is 1. The highest BCUT2D eigenvalue weighted by atomic mass is 16.5. The summed E-state index contributed by atoms with van der Waals surface area (Å²) in [6.07, 6.45) is 3.42. The minimum absolute atomic E-state index is 0.0145. The molecule has 4 aromatic rings. The Morgan fingerprint density at radius 3 is 2.77 bits per heavy atom. The summed E-state index contributed by atoms with van der Waals surface area (Å²) in [6, 6.07) is 17.8. The molecule has 1 saturated heterocycles. The summed E-state index contributed by atoms with van der Waals surface area (Å²) >= 11 is 0. The first kappa shape index (κ1) is 18.2. The van der Waals surface area contributed by atoms with E-state index in [4.69, 9.17) is 4.74 Å². The van der Waals surface area contributed by atoms with Crippen molar-refractivity contribution in [2.24, 2.45) is 0 Å². The number of amides is 2. The van der Waals surface area contributed by atoms with Gasteiger partial charge in [0.25, 0.3) is 0 Å². The summed E-state index contributed by atoms with van der Waals surface area (Å²) < 4.78 is 5.28. The van der Waals surface area contributed by atoms with Gasteiger partial charge in [0.15, 0.2) is 0 Å². The molecule has 150 valence electrons. The third kappa shape index (κ3) is 3.24. The van der Waals surface area contributed by atoms with Crippen LogP contribution in [0.5, 0.6) is 5.75 Å². The first-order valence-corrected chi connectivity index (χ1v) is 9.81. The molecule has 7 nitrogen and oxygen atoms in total. The number of nitrogens with zero attached hydrogens (tertiary/aromatic N) is 4. The number of carbonyl (C=O) groups is 1. The quantitative estimate of drug-likeness (QED) is 0.549. The average Bonchev–Trinajstić information content (AvgIpc) is 3.41. The molecule has 3 heterocycles. The molecule has 2 amide bonds. The Morgan fingerprint density at radius 1 is 1.07 bits per heavy atom. The number of hydrogen-bond acceptors (Lipinski definition) is 4. The molecule has 0 unspecified atom stereocenters. The predicted molar refractivity (Wildman–Crippen MR) is 115 cm³/mol. The van der Waals surface area contributed by atoms with E-state index in [1.165, 1.54) is 0 Å². The van der Waals surface area contributed by atoms with Crippen molar-refractivity contribution in [3.63, 3.8) is 0 Å². The number of nitrogens with one attached hydrogen (secondary N) is 1. The number of benzene rings is 2. The molecule has 30 heavy (non-hydrogen) atoms.